The summed E-state index contributed by atoms with van der Waals surface area (Å²) < 4.78 is 11.0. The van der Waals surface area contributed by atoms with Crippen LogP contribution in [0.5, 0.6) is 0 Å². The van der Waals surface area contributed by atoms with Gasteiger partial charge in [0.2, 0.25) is 17.7 Å². The van der Waals surface area contributed by atoms with Gasteiger partial charge in [-0.05, 0) is 32.9 Å². The molecule has 0 saturated heterocycles. The van der Waals surface area contributed by atoms with Gasteiger partial charge in [-0.2, -0.15) is 5.26 Å². The summed E-state index contributed by atoms with van der Waals surface area (Å²) in [5.74, 6) is 0.898. The number of nitriles is 1. The molecule has 3 rings (SSSR count). The Labute approximate surface area is 154 Å². The first-order valence-electron chi connectivity index (χ1n) is 7.81. The molecule has 0 bridgehead atoms. The number of furan rings is 1. The highest BCUT2D eigenvalue weighted by molar-refractivity contribution is 7.99. The predicted octanol–water partition coefficient (Wildman–Crippen LogP) is 3.86. The van der Waals surface area contributed by atoms with Gasteiger partial charge >= 0.3 is 0 Å². The molecule has 8 heteroatoms. The van der Waals surface area contributed by atoms with Crippen molar-refractivity contribution in [3.63, 3.8) is 0 Å². The van der Waals surface area contributed by atoms with Crippen LogP contribution >= 0.6 is 11.8 Å². The SMILES string of the molecule is Cc1ccc(-c2nnc(SCC(=O)Nc3oc(C)c(C)c3C#N)o2)cc1. The van der Waals surface area contributed by atoms with E-state index in [1.165, 1.54) is 0 Å². The van der Waals surface area contributed by atoms with Gasteiger partial charge in [-0.15, -0.1) is 10.2 Å². The van der Waals surface area contributed by atoms with E-state index in [0.717, 1.165) is 28.5 Å². The van der Waals surface area contributed by atoms with Crippen molar-refractivity contribution in [2.75, 3.05) is 11.1 Å². The highest BCUT2D eigenvalue weighted by Crippen LogP contribution is 2.26. The number of carbonyl (C=O) groups excluding carboxylic acids is 1. The van der Waals surface area contributed by atoms with Crippen LogP contribution < -0.4 is 5.32 Å². The van der Waals surface area contributed by atoms with Crippen LogP contribution in [0.25, 0.3) is 11.5 Å². The van der Waals surface area contributed by atoms with E-state index in [0.29, 0.717) is 22.4 Å². The second-order valence-electron chi connectivity index (χ2n) is 5.68. The predicted molar refractivity (Wildman–Crippen MR) is 96.7 cm³/mol. The molecule has 0 atom stereocenters. The van der Waals surface area contributed by atoms with E-state index in [-0.39, 0.29) is 17.5 Å². The average molecular weight is 368 g/mol. The number of aromatic nitrogens is 2. The van der Waals surface area contributed by atoms with E-state index in [1.54, 1.807) is 13.8 Å². The molecule has 0 saturated carbocycles. The number of benzene rings is 1. The number of nitrogens with zero attached hydrogens (tertiary/aromatic N) is 3. The summed E-state index contributed by atoms with van der Waals surface area (Å²) in [6.07, 6.45) is 0. The fourth-order valence-corrected chi connectivity index (χ4v) is 2.78. The minimum atomic E-state index is -0.324. The molecule has 26 heavy (non-hydrogen) atoms. The lowest BCUT2D eigenvalue weighted by molar-refractivity contribution is -0.113. The fraction of sp³-hybridized carbons (Fsp3) is 0.222. The Bertz CT molecular complexity index is 983. The van der Waals surface area contributed by atoms with E-state index < -0.39 is 0 Å². The molecule has 1 aromatic carbocycles. The average Bonchev–Trinajstić information content (AvgIpc) is 3.19. The van der Waals surface area contributed by atoms with Gasteiger partial charge in [0, 0.05) is 11.1 Å². The minimum absolute atomic E-state index is 0.0548. The Morgan fingerprint density at radius 2 is 1.92 bits per heavy atom. The molecule has 0 aliphatic carbocycles. The van der Waals surface area contributed by atoms with Crippen LogP contribution in [0, 0.1) is 32.1 Å². The smallest absolute Gasteiger partial charge is 0.277 e. The molecule has 1 amide bonds. The van der Waals surface area contributed by atoms with Crippen molar-refractivity contribution < 1.29 is 13.6 Å². The lowest BCUT2D eigenvalue weighted by Crippen LogP contribution is -2.14. The maximum absolute atomic E-state index is 12.1. The third kappa shape index (κ3) is 3.78. The van der Waals surface area contributed by atoms with Crippen LogP contribution in [0.2, 0.25) is 0 Å². The quantitative estimate of drug-likeness (QED) is 0.682. The second kappa shape index (κ2) is 7.45. The maximum Gasteiger partial charge on any atom is 0.277 e. The molecule has 3 aromatic rings. The van der Waals surface area contributed by atoms with Crippen LogP contribution in [-0.4, -0.2) is 21.9 Å². The maximum atomic E-state index is 12.1. The molecule has 7 nitrogen and oxygen atoms in total. The van der Waals surface area contributed by atoms with Crippen LogP contribution in [0.4, 0.5) is 5.88 Å². The van der Waals surface area contributed by atoms with Gasteiger partial charge in [0.05, 0.1) is 5.75 Å². The zero-order valence-electron chi connectivity index (χ0n) is 14.5. The lowest BCUT2D eigenvalue weighted by atomic mass is 10.1. The van der Waals surface area contributed by atoms with Crippen molar-refractivity contribution in [1.29, 1.82) is 5.26 Å². The van der Waals surface area contributed by atoms with E-state index in [2.05, 4.69) is 15.5 Å². The summed E-state index contributed by atoms with van der Waals surface area (Å²) in [6.45, 7) is 5.51. The monoisotopic (exact) mass is 368 g/mol. The Hall–Kier alpha value is -3.05. The van der Waals surface area contributed by atoms with Crippen molar-refractivity contribution in [2.24, 2.45) is 0 Å². The van der Waals surface area contributed by atoms with Crippen molar-refractivity contribution in [3.05, 3.63) is 46.7 Å². The van der Waals surface area contributed by atoms with Crippen molar-refractivity contribution in [3.8, 4) is 17.5 Å². The normalized spacial score (nSPS) is 10.5. The van der Waals surface area contributed by atoms with Crippen molar-refractivity contribution in [1.82, 2.24) is 10.2 Å². The lowest BCUT2D eigenvalue weighted by Gasteiger charge is -2.00. The molecule has 0 aliphatic heterocycles. The Balaban J connectivity index is 1.61. The van der Waals surface area contributed by atoms with E-state index in [4.69, 9.17) is 14.1 Å². The highest BCUT2D eigenvalue weighted by Gasteiger charge is 2.17. The van der Waals surface area contributed by atoms with Gasteiger partial charge in [-0.25, -0.2) is 0 Å². The van der Waals surface area contributed by atoms with E-state index in [1.807, 2.05) is 37.3 Å². The van der Waals surface area contributed by atoms with Crippen LogP contribution in [0.3, 0.4) is 0 Å². The molecule has 0 spiro atoms. The number of nitrogens with one attached hydrogen (secondary N) is 1. The third-order valence-corrected chi connectivity index (χ3v) is 4.60. The summed E-state index contributed by atoms with van der Waals surface area (Å²) in [6, 6.07) is 9.75. The Kier molecular flexibility index (Phi) is 5.09. The number of rotatable bonds is 5. The molecule has 1 N–H and O–H groups in total. The molecule has 0 unspecified atom stereocenters. The number of anilines is 1. The molecular weight excluding hydrogens is 352 g/mol. The summed E-state index contributed by atoms with van der Waals surface area (Å²) in [5.41, 5.74) is 3.01. The Morgan fingerprint density at radius 1 is 1.19 bits per heavy atom. The topological polar surface area (TPSA) is 105 Å². The third-order valence-electron chi connectivity index (χ3n) is 3.78. The first-order chi connectivity index (χ1) is 12.5. The molecule has 0 fully saturated rings. The highest BCUT2D eigenvalue weighted by atomic mass is 32.2. The number of thioether (sulfide) groups is 1. The van der Waals surface area contributed by atoms with Gasteiger partial charge in [0.15, 0.2) is 0 Å². The Morgan fingerprint density at radius 3 is 2.62 bits per heavy atom. The number of carbonyl (C=O) groups is 1. The molecular formula is C18H16N4O3S. The number of aryl methyl sites for hydroxylation is 2. The number of hydrogen-bond acceptors (Lipinski definition) is 7. The van der Waals surface area contributed by atoms with E-state index in [9.17, 15) is 4.79 Å². The van der Waals surface area contributed by atoms with Gasteiger partial charge in [-0.3, -0.25) is 10.1 Å². The van der Waals surface area contributed by atoms with Gasteiger partial charge in [0.1, 0.15) is 17.4 Å². The molecule has 2 aromatic heterocycles. The van der Waals surface area contributed by atoms with Crippen molar-refractivity contribution in [2.45, 2.75) is 26.0 Å². The zero-order valence-corrected chi connectivity index (χ0v) is 15.3. The summed E-state index contributed by atoms with van der Waals surface area (Å²) in [4.78, 5) is 12.1. The van der Waals surface area contributed by atoms with Gasteiger partial charge in [-0.1, -0.05) is 29.5 Å². The molecule has 0 aliphatic rings. The summed E-state index contributed by atoms with van der Waals surface area (Å²) in [7, 11) is 0. The number of hydrogen-bond donors (Lipinski definition) is 1. The first-order valence-corrected chi connectivity index (χ1v) is 8.79. The molecule has 132 valence electrons. The van der Waals surface area contributed by atoms with E-state index >= 15 is 0 Å². The fourth-order valence-electron chi connectivity index (χ4n) is 2.22. The largest absolute Gasteiger partial charge is 0.444 e. The van der Waals surface area contributed by atoms with Crippen LogP contribution in [0.15, 0.2) is 38.3 Å². The standard InChI is InChI=1S/C18H16N4O3S/c1-10-4-6-13(7-5-10)16-21-22-18(25-16)26-9-15(23)20-17-14(8-19)11(2)12(3)24-17/h4-7H,9H2,1-3H3,(H,20,23). The van der Waals surface area contributed by atoms with Crippen molar-refractivity contribution >= 4 is 23.6 Å². The summed E-state index contributed by atoms with van der Waals surface area (Å²) >= 11 is 1.11. The molecule has 0 radical (unpaired) electrons. The van der Waals surface area contributed by atoms with Crippen LogP contribution in [-0.2, 0) is 4.79 Å². The summed E-state index contributed by atoms with van der Waals surface area (Å²) in [5, 5.41) is 20.0. The van der Waals surface area contributed by atoms with Gasteiger partial charge < -0.3 is 8.83 Å². The first kappa shape index (κ1) is 17.8. The zero-order chi connectivity index (χ0) is 18.7. The second-order valence-corrected chi connectivity index (χ2v) is 6.60. The minimum Gasteiger partial charge on any atom is -0.444 e. The molecule has 2 heterocycles. The van der Waals surface area contributed by atoms with Crippen LogP contribution in [0.1, 0.15) is 22.5 Å². The number of amides is 1. The van der Waals surface area contributed by atoms with Gasteiger partial charge in [0.25, 0.3) is 5.22 Å².